The van der Waals surface area contributed by atoms with Crippen molar-refractivity contribution >= 4 is 11.6 Å². The molecule has 1 unspecified atom stereocenters. The summed E-state index contributed by atoms with van der Waals surface area (Å²) in [6.07, 6.45) is 10.1. The van der Waals surface area contributed by atoms with Gasteiger partial charge in [0.15, 0.2) is 0 Å². The van der Waals surface area contributed by atoms with Gasteiger partial charge in [-0.05, 0) is 18.6 Å². The van der Waals surface area contributed by atoms with Gasteiger partial charge in [-0.2, -0.15) is 0 Å². The van der Waals surface area contributed by atoms with Crippen molar-refractivity contribution in [3.8, 4) is 0 Å². The number of fused-ring (bicyclic) bond motifs is 1. The molecule has 2 heterocycles. The molecule has 1 aliphatic heterocycles. The maximum absolute atomic E-state index is 11.3. The monoisotopic (exact) mass is 245 g/mol. The number of nitrogens with one attached hydrogen (secondary N) is 1. The lowest BCUT2D eigenvalue weighted by molar-refractivity contribution is -0.114. The molecule has 3 N–H and O–H groups in total. The van der Waals surface area contributed by atoms with E-state index < -0.39 is 5.91 Å². The number of anilines is 1. The van der Waals surface area contributed by atoms with Gasteiger partial charge in [0.25, 0.3) is 5.91 Å². The number of primary amides is 1. The lowest BCUT2D eigenvalue weighted by atomic mass is 9.89. The smallest absolute Gasteiger partial charge is 0.264 e. The SMILES string of the molecule is CCCCCC1C=C(C(N)=O)Nc2ccncc21. The number of rotatable bonds is 5. The second kappa shape index (κ2) is 5.67. The summed E-state index contributed by atoms with van der Waals surface area (Å²) < 4.78 is 0. The van der Waals surface area contributed by atoms with Crippen LogP contribution in [0.3, 0.4) is 0 Å². The molecule has 0 radical (unpaired) electrons. The quantitative estimate of drug-likeness (QED) is 0.783. The molecule has 0 aromatic carbocycles. The second-order valence-corrected chi connectivity index (χ2v) is 4.63. The third kappa shape index (κ3) is 2.70. The van der Waals surface area contributed by atoms with Crippen LogP contribution in [0.1, 0.15) is 44.1 Å². The number of hydrogen-bond acceptors (Lipinski definition) is 3. The van der Waals surface area contributed by atoms with E-state index in [2.05, 4.69) is 17.2 Å². The predicted molar refractivity (Wildman–Crippen MR) is 72.0 cm³/mol. The van der Waals surface area contributed by atoms with Crippen molar-refractivity contribution in [2.75, 3.05) is 5.32 Å². The first-order chi connectivity index (χ1) is 8.72. The fourth-order valence-corrected chi connectivity index (χ4v) is 2.29. The Kier molecular flexibility index (Phi) is 3.97. The van der Waals surface area contributed by atoms with Crippen LogP contribution in [0.15, 0.2) is 30.2 Å². The molecule has 18 heavy (non-hydrogen) atoms. The van der Waals surface area contributed by atoms with Crippen molar-refractivity contribution in [2.24, 2.45) is 5.73 Å². The highest BCUT2D eigenvalue weighted by Crippen LogP contribution is 2.34. The van der Waals surface area contributed by atoms with Gasteiger partial charge in [0, 0.05) is 29.6 Å². The van der Waals surface area contributed by atoms with Gasteiger partial charge in [-0.1, -0.05) is 26.2 Å². The highest BCUT2D eigenvalue weighted by molar-refractivity contribution is 5.96. The molecule has 1 aliphatic rings. The summed E-state index contributed by atoms with van der Waals surface area (Å²) in [6.45, 7) is 2.18. The van der Waals surface area contributed by atoms with E-state index in [-0.39, 0.29) is 5.92 Å². The first-order valence-electron chi connectivity index (χ1n) is 6.45. The number of carbonyl (C=O) groups is 1. The Morgan fingerprint density at radius 2 is 2.33 bits per heavy atom. The Morgan fingerprint density at radius 1 is 1.50 bits per heavy atom. The summed E-state index contributed by atoms with van der Waals surface area (Å²) >= 11 is 0. The molecule has 0 fully saturated rings. The Bertz CT molecular complexity index is 468. The first-order valence-corrected chi connectivity index (χ1v) is 6.45. The predicted octanol–water partition coefficient (Wildman–Crippen LogP) is 2.54. The third-order valence-corrected chi connectivity index (χ3v) is 3.27. The first kappa shape index (κ1) is 12.6. The van der Waals surface area contributed by atoms with E-state index >= 15 is 0 Å². The summed E-state index contributed by atoms with van der Waals surface area (Å²) in [7, 11) is 0. The van der Waals surface area contributed by atoms with Gasteiger partial charge in [-0.25, -0.2) is 0 Å². The highest BCUT2D eigenvalue weighted by atomic mass is 16.1. The minimum absolute atomic E-state index is 0.240. The third-order valence-electron chi connectivity index (χ3n) is 3.27. The molecule has 1 aromatic heterocycles. The van der Waals surface area contributed by atoms with Crippen LogP contribution < -0.4 is 11.1 Å². The Balaban J connectivity index is 2.21. The molecule has 0 saturated carbocycles. The van der Waals surface area contributed by atoms with Crippen LogP contribution >= 0.6 is 0 Å². The van der Waals surface area contributed by atoms with Crippen molar-refractivity contribution < 1.29 is 4.79 Å². The van der Waals surface area contributed by atoms with E-state index in [9.17, 15) is 4.79 Å². The van der Waals surface area contributed by atoms with Crippen molar-refractivity contribution in [1.82, 2.24) is 4.98 Å². The van der Waals surface area contributed by atoms with E-state index in [0.717, 1.165) is 24.1 Å². The van der Waals surface area contributed by atoms with Crippen LogP contribution in [0.25, 0.3) is 0 Å². The molecule has 0 bridgehead atoms. The topological polar surface area (TPSA) is 68.0 Å². The molecule has 4 nitrogen and oxygen atoms in total. The number of unbranched alkanes of at least 4 members (excludes halogenated alkanes) is 2. The zero-order valence-electron chi connectivity index (χ0n) is 10.6. The molecule has 0 spiro atoms. The Morgan fingerprint density at radius 3 is 3.06 bits per heavy atom. The fraction of sp³-hybridized carbons (Fsp3) is 0.429. The number of hydrogen-bond donors (Lipinski definition) is 2. The minimum Gasteiger partial charge on any atom is -0.364 e. The molecule has 1 amide bonds. The van der Waals surface area contributed by atoms with Gasteiger partial charge in [0.1, 0.15) is 5.70 Å². The van der Waals surface area contributed by atoms with E-state index in [0.29, 0.717) is 5.70 Å². The molecule has 2 rings (SSSR count). The average molecular weight is 245 g/mol. The lowest BCUT2D eigenvalue weighted by Gasteiger charge is -2.24. The largest absolute Gasteiger partial charge is 0.364 e. The zero-order chi connectivity index (χ0) is 13.0. The summed E-state index contributed by atoms with van der Waals surface area (Å²) in [5.41, 5.74) is 7.95. The minimum atomic E-state index is -0.405. The number of amides is 1. The summed E-state index contributed by atoms with van der Waals surface area (Å²) in [5, 5.41) is 3.06. The molecule has 1 atom stereocenters. The van der Waals surface area contributed by atoms with Gasteiger partial charge in [0.2, 0.25) is 0 Å². The normalized spacial score (nSPS) is 17.6. The second-order valence-electron chi connectivity index (χ2n) is 4.63. The zero-order valence-corrected chi connectivity index (χ0v) is 10.6. The number of allylic oxidation sites excluding steroid dienone is 1. The van der Waals surface area contributed by atoms with Crippen LogP contribution in [-0.4, -0.2) is 10.9 Å². The summed E-state index contributed by atoms with van der Waals surface area (Å²) in [6, 6.07) is 1.89. The number of aromatic nitrogens is 1. The van der Waals surface area contributed by atoms with Crippen LogP contribution in [-0.2, 0) is 4.79 Å². The maximum Gasteiger partial charge on any atom is 0.264 e. The van der Waals surface area contributed by atoms with Crippen molar-refractivity contribution in [3.63, 3.8) is 0 Å². The Labute approximate surface area is 107 Å². The lowest BCUT2D eigenvalue weighted by Crippen LogP contribution is -2.24. The van der Waals surface area contributed by atoms with E-state index in [1.807, 2.05) is 18.3 Å². The van der Waals surface area contributed by atoms with Gasteiger partial charge in [-0.3, -0.25) is 9.78 Å². The average Bonchev–Trinajstić information content (AvgIpc) is 2.38. The van der Waals surface area contributed by atoms with Gasteiger partial charge < -0.3 is 11.1 Å². The van der Waals surface area contributed by atoms with Crippen molar-refractivity contribution in [2.45, 2.75) is 38.5 Å². The molecule has 96 valence electrons. The molecule has 1 aromatic rings. The number of nitrogens with two attached hydrogens (primary N) is 1. The van der Waals surface area contributed by atoms with Crippen molar-refractivity contribution in [3.05, 3.63) is 35.8 Å². The number of pyridine rings is 1. The van der Waals surface area contributed by atoms with E-state index in [1.165, 1.54) is 12.8 Å². The summed E-state index contributed by atoms with van der Waals surface area (Å²) in [5.74, 6) is -0.165. The highest BCUT2D eigenvalue weighted by Gasteiger charge is 2.21. The standard InChI is InChI=1S/C14H19N3O/c1-2-3-4-5-10-8-13(14(15)18)17-12-6-7-16-9-11(10)12/h6-10,17H,2-5H2,1H3,(H2,15,18). The van der Waals surface area contributed by atoms with E-state index in [1.54, 1.807) is 6.20 Å². The molecule has 0 aliphatic carbocycles. The molecular weight excluding hydrogens is 226 g/mol. The number of nitrogens with zero attached hydrogens (tertiary/aromatic N) is 1. The van der Waals surface area contributed by atoms with Gasteiger partial charge in [-0.15, -0.1) is 0 Å². The number of carbonyl (C=O) groups excluding carboxylic acids is 1. The van der Waals surface area contributed by atoms with Crippen LogP contribution in [0.5, 0.6) is 0 Å². The van der Waals surface area contributed by atoms with Crippen LogP contribution in [0.4, 0.5) is 5.69 Å². The molecule has 4 heteroatoms. The fourth-order valence-electron chi connectivity index (χ4n) is 2.29. The van der Waals surface area contributed by atoms with Crippen molar-refractivity contribution in [1.29, 1.82) is 0 Å². The molecular formula is C14H19N3O. The van der Waals surface area contributed by atoms with E-state index in [4.69, 9.17) is 5.73 Å². The van der Waals surface area contributed by atoms with Crippen LogP contribution in [0, 0.1) is 0 Å². The maximum atomic E-state index is 11.3. The van der Waals surface area contributed by atoms with Gasteiger partial charge in [0.05, 0.1) is 0 Å². The Hall–Kier alpha value is -1.84. The molecule has 0 saturated heterocycles. The van der Waals surface area contributed by atoms with Crippen LogP contribution in [0.2, 0.25) is 0 Å². The summed E-state index contributed by atoms with van der Waals surface area (Å²) in [4.78, 5) is 15.5. The van der Waals surface area contributed by atoms with Gasteiger partial charge >= 0.3 is 0 Å².